The van der Waals surface area contributed by atoms with Gasteiger partial charge in [0.15, 0.2) is 0 Å². The predicted molar refractivity (Wildman–Crippen MR) is 84.0 cm³/mol. The van der Waals surface area contributed by atoms with E-state index in [2.05, 4.69) is 11.2 Å². The number of carbonyl (C=O) groups excluding carboxylic acids is 1. The second kappa shape index (κ2) is 8.62. The normalized spacial score (nSPS) is 15.6. The quantitative estimate of drug-likeness (QED) is 0.585. The number of piperidine rings is 1. The second-order valence-corrected chi connectivity index (χ2v) is 5.82. The largest absolute Gasteiger partial charge is 0.276 e. The smallest absolute Gasteiger partial charge is 0.252 e. The lowest BCUT2D eigenvalue weighted by Gasteiger charge is -2.25. The maximum Gasteiger partial charge on any atom is 0.252 e. The van der Waals surface area contributed by atoms with Crippen LogP contribution >= 0.6 is 23.5 Å². The van der Waals surface area contributed by atoms with Crippen LogP contribution in [0.15, 0.2) is 23.1 Å². The van der Waals surface area contributed by atoms with Gasteiger partial charge in [-0.05, 0) is 61.0 Å². The van der Waals surface area contributed by atoms with Crippen molar-refractivity contribution in [1.29, 1.82) is 0 Å². The topological polar surface area (TPSA) is 20.3 Å². The third-order valence-electron chi connectivity index (χ3n) is 2.96. The molecule has 1 aliphatic rings. The standard InChI is InChI=1S/C13H16ClNOS.C2H6/c1-10-5-6-11(13(14)16)9-12(10)17-15-7-3-2-4-8-15;1-2/h5-6,9H,2-4,7-8H2,1H3;1-2H3. The molecule has 2 nitrogen and oxygen atoms in total. The summed E-state index contributed by atoms with van der Waals surface area (Å²) in [5.74, 6) is 0. The molecular formula is C15H22ClNOS. The van der Waals surface area contributed by atoms with Crippen LogP contribution in [0.4, 0.5) is 0 Å². The Balaban J connectivity index is 0.000000861. The second-order valence-electron chi connectivity index (χ2n) is 4.33. The molecule has 0 spiro atoms. The summed E-state index contributed by atoms with van der Waals surface area (Å²) in [4.78, 5) is 12.3. The minimum Gasteiger partial charge on any atom is -0.276 e. The number of carbonyl (C=O) groups is 1. The molecule has 0 amide bonds. The van der Waals surface area contributed by atoms with Crippen molar-refractivity contribution in [3.8, 4) is 0 Å². The van der Waals surface area contributed by atoms with E-state index < -0.39 is 0 Å². The monoisotopic (exact) mass is 299 g/mol. The number of rotatable bonds is 3. The van der Waals surface area contributed by atoms with E-state index in [0.29, 0.717) is 5.56 Å². The van der Waals surface area contributed by atoms with Crippen molar-refractivity contribution in [1.82, 2.24) is 4.31 Å². The Hall–Kier alpha value is -0.510. The molecule has 4 heteroatoms. The lowest BCUT2D eigenvalue weighted by molar-refractivity contribution is 0.108. The summed E-state index contributed by atoms with van der Waals surface area (Å²) < 4.78 is 2.37. The number of benzene rings is 1. The number of aryl methyl sites for hydroxylation is 1. The molecule has 106 valence electrons. The summed E-state index contributed by atoms with van der Waals surface area (Å²) in [5.41, 5.74) is 1.78. The van der Waals surface area contributed by atoms with E-state index in [-0.39, 0.29) is 5.24 Å². The van der Waals surface area contributed by atoms with E-state index in [1.165, 1.54) is 24.8 Å². The van der Waals surface area contributed by atoms with Gasteiger partial charge in [-0.1, -0.05) is 26.3 Å². The van der Waals surface area contributed by atoms with Crippen LogP contribution in [0.5, 0.6) is 0 Å². The Bertz CT molecular complexity index is 417. The van der Waals surface area contributed by atoms with Gasteiger partial charge in [0.25, 0.3) is 5.24 Å². The first-order valence-corrected chi connectivity index (χ1v) is 8.05. The molecule has 19 heavy (non-hydrogen) atoms. The minimum atomic E-state index is -0.384. The van der Waals surface area contributed by atoms with Gasteiger partial charge in [-0.3, -0.25) is 4.79 Å². The Morgan fingerprint density at radius 3 is 2.42 bits per heavy atom. The molecule has 1 aromatic carbocycles. The van der Waals surface area contributed by atoms with Crippen LogP contribution in [-0.4, -0.2) is 22.6 Å². The Labute approximate surface area is 125 Å². The average Bonchev–Trinajstić information content (AvgIpc) is 2.44. The van der Waals surface area contributed by atoms with Crippen LogP contribution in [0.2, 0.25) is 0 Å². The van der Waals surface area contributed by atoms with Gasteiger partial charge in [0.1, 0.15) is 0 Å². The van der Waals surface area contributed by atoms with E-state index in [1.807, 2.05) is 26.0 Å². The molecule has 0 aliphatic carbocycles. The zero-order chi connectivity index (χ0) is 14.3. The molecule has 2 rings (SSSR count). The molecule has 0 saturated carbocycles. The zero-order valence-corrected chi connectivity index (χ0v) is 13.5. The summed E-state index contributed by atoms with van der Waals surface area (Å²) in [6.45, 7) is 8.32. The number of hydrogen-bond donors (Lipinski definition) is 0. The molecular weight excluding hydrogens is 278 g/mol. The Kier molecular flexibility index (Phi) is 7.51. The Morgan fingerprint density at radius 2 is 1.84 bits per heavy atom. The number of nitrogens with zero attached hydrogens (tertiary/aromatic N) is 1. The SMILES string of the molecule is CC.Cc1ccc(C(=O)Cl)cc1SN1CCCCC1. The maximum atomic E-state index is 11.1. The highest BCUT2D eigenvalue weighted by molar-refractivity contribution is 7.97. The maximum absolute atomic E-state index is 11.1. The summed E-state index contributed by atoms with van der Waals surface area (Å²) >= 11 is 7.25. The first-order valence-electron chi connectivity index (χ1n) is 6.90. The van der Waals surface area contributed by atoms with Crippen LogP contribution in [0.25, 0.3) is 0 Å². The fourth-order valence-corrected chi connectivity index (χ4v) is 3.14. The first kappa shape index (κ1) is 16.5. The van der Waals surface area contributed by atoms with Crippen molar-refractivity contribution in [2.24, 2.45) is 0 Å². The van der Waals surface area contributed by atoms with E-state index in [1.54, 1.807) is 18.0 Å². The molecule has 1 aliphatic heterocycles. The number of hydrogen-bond acceptors (Lipinski definition) is 3. The fraction of sp³-hybridized carbons (Fsp3) is 0.533. The molecule has 1 heterocycles. The molecule has 0 N–H and O–H groups in total. The molecule has 1 fully saturated rings. The Morgan fingerprint density at radius 1 is 1.21 bits per heavy atom. The molecule has 0 atom stereocenters. The highest BCUT2D eigenvalue weighted by Gasteiger charge is 2.13. The van der Waals surface area contributed by atoms with Crippen molar-refractivity contribution in [3.63, 3.8) is 0 Å². The van der Waals surface area contributed by atoms with Gasteiger partial charge in [0, 0.05) is 23.5 Å². The third-order valence-corrected chi connectivity index (χ3v) is 4.44. The lowest BCUT2D eigenvalue weighted by Crippen LogP contribution is -2.22. The molecule has 0 unspecified atom stereocenters. The lowest BCUT2D eigenvalue weighted by atomic mass is 10.2. The van der Waals surface area contributed by atoms with E-state index in [9.17, 15) is 4.79 Å². The summed E-state index contributed by atoms with van der Waals surface area (Å²) in [7, 11) is 0. The summed E-state index contributed by atoms with van der Waals surface area (Å²) in [6.07, 6.45) is 3.86. The van der Waals surface area contributed by atoms with E-state index >= 15 is 0 Å². The summed E-state index contributed by atoms with van der Waals surface area (Å²) in [6, 6.07) is 5.64. The van der Waals surface area contributed by atoms with Crippen molar-refractivity contribution >= 4 is 28.8 Å². The van der Waals surface area contributed by atoms with Gasteiger partial charge in [0.2, 0.25) is 0 Å². The van der Waals surface area contributed by atoms with Gasteiger partial charge < -0.3 is 0 Å². The van der Waals surface area contributed by atoms with Gasteiger partial charge in [0.05, 0.1) is 0 Å². The highest BCUT2D eigenvalue weighted by atomic mass is 35.5. The molecule has 0 bridgehead atoms. The third kappa shape index (κ3) is 5.17. The predicted octanol–water partition coefficient (Wildman–Crippen LogP) is 4.89. The van der Waals surface area contributed by atoms with Crippen LogP contribution in [-0.2, 0) is 0 Å². The van der Waals surface area contributed by atoms with E-state index in [0.717, 1.165) is 18.0 Å². The summed E-state index contributed by atoms with van der Waals surface area (Å²) in [5, 5.41) is -0.384. The van der Waals surface area contributed by atoms with Gasteiger partial charge >= 0.3 is 0 Å². The zero-order valence-electron chi connectivity index (χ0n) is 11.9. The molecule has 0 radical (unpaired) electrons. The van der Waals surface area contributed by atoms with Crippen LogP contribution in [0.1, 0.15) is 49.0 Å². The average molecular weight is 300 g/mol. The van der Waals surface area contributed by atoms with Crippen LogP contribution in [0, 0.1) is 6.92 Å². The van der Waals surface area contributed by atoms with Gasteiger partial charge in [-0.25, -0.2) is 4.31 Å². The molecule has 1 saturated heterocycles. The number of halogens is 1. The highest BCUT2D eigenvalue weighted by Crippen LogP contribution is 2.29. The van der Waals surface area contributed by atoms with Crippen molar-refractivity contribution in [3.05, 3.63) is 29.3 Å². The van der Waals surface area contributed by atoms with Crippen LogP contribution in [0.3, 0.4) is 0 Å². The van der Waals surface area contributed by atoms with E-state index in [4.69, 9.17) is 11.6 Å². The fourth-order valence-electron chi connectivity index (χ4n) is 1.92. The van der Waals surface area contributed by atoms with Crippen molar-refractivity contribution < 1.29 is 4.79 Å². The van der Waals surface area contributed by atoms with Gasteiger partial charge in [-0.2, -0.15) is 0 Å². The first-order chi connectivity index (χ1) is 9.16. The van der Waals surface area contributed by atoms with Gasteiger partial charge in [-0.15, -0.1) is 0 Å². The molecule has 0 aromatic heterocycles. The van der Waals surface area contributed by atoms with Crippen molar-refractivity contribution in [2.75, 3.05) is 13.1 Å². The van der Waals surface area contributed by atoms with Crippen LogP contribution < -0.4 is 0 Å². The molecule has 1 aromatic rings. The van der Waals surface area contributed by atoms with Crippen molar-refractivity contribution in [2.45, 2.75) is 44.9 Å². The minimum absolute atomic E-state index is 0.384.